The first kappa shape index (κ1) is 22.6. The van der Waals surface area contributed by atoms with Crippen LogP contribution >= 0.6 is 11.6 Å². The Labute approximate surface area is 183 Å². The lowest BCUT2D eigenvalue weighted by atomic mass is 9.95. The van der Waals surface area contributed by atoms with Gasteiger partial charge in [-0.1, -0.05) is 17.7 Å². The number of nitrogens with zero attached hydrogens (tertiary/aromatic N) is 1. The number of aromatic hydroxyl groups is 1. The number of aliphatic hydroxyl groups is 2. The summed E-state index contributed by atoms with van der Waals surface area (Å²) < 4.78 is 10.4. The predicted molar refractivity (Wildman–Crippen MR) is 113 cm³/mol. The largest absolute Gasteiger partial charge is 0.507 e. The van der Waals surface area contributed by atoms with E-state index >= 15 is 0 Å². The molecular weight excluding hydrogens is 426 g/mol. The van der Waals surface area contributed by atoms with Gasteiger partial charge >= 0.3 is 0 Å². The molecule has 9 heteroatoms. The van der Waals surface area contributed by atoms with E-state index in [0.717, 1.165) is 0 Å². The standard InChI is InChI=1S/C22H22ClNO7/c1-30-17-12-14(4-7-16(17)26)19-18(20(27)13-2-5-15(23)6-3-13)21(28)22(29)24(19)8-10-31-11-9-25/h2-7,12,19,25-27H,8-11H2,1H3. The molecule has 3 N–H and O–H groups in total. The molecule has 0 radical (unpaired) electrons. The second-order valence-corrected chi connectivity index (χ2v) is 7.20. The molecule has 0 aromatic heterocycles. The lowest BCUT2D eigenvalue weighted by Crippen LogP contribution is -2.33. The van der Waals surface area contributed by atoms with Crippen molar-refractivity contribution in [1.82, 2.24) is 4.90 Å². The minimum absolute atomic E-state index is 0.0514. The van der Waals surface area contributed by atoms with Crippen molar-refractivity contribution in [1.29, 1.82) is 0 Å². The maximum absolute atomic E-state index is 12.9. The molecule has 1 aliphatic heterocycles. The van der Waals surface area contributed by atoms with Crippen LogP contribution in [0.15, 0.2) is 48.0 Å². The third-order valence-corrected chi connectivity index (χ3v) is 5.14. The summed E-state index contributed by atoms with van der Waals surface area (Å²) in [5, 5.41) is 30.2. The van der Waals surface area contributed by atoms with Gasteiger partial charge in [-0.3, -0.25) is 9.59 Å². The van der Waals surface area contributed by atoms with Crippen LogP contribution in [0.25, 0.3) is 5.76 Å². The molecular formula is C22H22ClNO7. The lowest BCUT2D eigenvalue weighted by Gasteiger charge is -2.25. The molecule has 0 bridgehead atoms. The van der Waals surface area contributed by atoms with Gasteiger partial charge in [0.25, 0.3) is 11.7 Å². The van der Waals surface area contributed by atoms with E-state index in [1.807, 2.05) is 0 Å². The zero-order valence-electron chi connectivity index (χ0n) is 16.7. The molecule has 1 aliphatic rings. The Kier molecular flexibility index (Phi) is 7.17. The molecule has 1 heterocycles. The molecule has 0 aliphatic carbocycles. The molecule has 3 rings (SSSR count). The molecule has 1 fully saturated rings. The van der Waals surface area contributed by atoms with E-state index in [0.29, 0.717) is 16.1 Å². The molecule has 0 spiro atoms. The topological polar surface area (TPSA) is 117 Å². The Morgan fingerprint density at radius 1 is 1.13 bits per heavy atom. The first-order chi connectivity index (χ1) is 14.9. The quantitative estimate of drug-likeness (QED) is 0.246. The van der Waals surface area contributed by atoms with Crippen molar-refractivity contribution in [2.45, 2.75) is 6.04 Å². The Morgan fingerprint density at radius 3 is 2.48 bits per heavy atom. The van der Waals surface area contributed by atoms with Crippen molar-refractivity contribution in [2.75, 3.05) is 33.5 Å². The summed E-state index contributed by atoms with van der Waals surface area (Å²) in [7, 11) is 1.38. The number of hydrogen-bond acceptors (Lipinski definition) is 7. The Morgan fingerprint density at radius 2 is 1.84 bits per heavy atom. The SMILES string of the molecule is COc1cc(C2C(=C(O)c3ccc(Cl)cc3)C(=O)C(=O)N2CCOCCO)ccc1O. The smallest absolute Gasteiger partial charge is 0.295 e. The lowest BCUT2D eigenvalue weighted by molar-refractivity contribution is -0.140. The number of phenolic OH excluding ortho intramolecular Hbond substituents is 1. The number of amides is 1. The van der Waals surface area contributed by atoms with Gasteiger partial charge in [0.2, 0.25) is 0 Å². The molecule has 31 heavy (non-hydrogen) atoms. The van der Waals surface area contributed by atoms with Crippen LogP contribution < -0.4 is 4.74 Å². The van der Waals surface area contributed by atoms with Crippen LogP contribution in [0.3, 0.4) is 0 Å². The summed E-state index contributed by atoms with van der Waals surface area (Å²) in [6.45, 7) is 0.0521. The number of ether oxygens (including phenoxy) is 2. The zero-order valence-corrected chi connectivity index (χ0v) is 17.5. The summed E-state index contributed by atoms with van der Waals surface area (Å²) in [4.78, 5) is 27.0. The van der Waals surface area contributed by atoms with Crippen LogP contribution in [0.5, 0.6) is 11.5 Å². The molecule has 1 amide bonds. The van der Waals surface area contributed by atoms with Crippen LogP contribution in [0.4, 0.5) is 0 Å². The van der Waals surface area contributed by atoms with Gasteiger partial charge in [0.05, 0.1) is 38.5 Å². The summed E-state index contributed by atoms with van der Waals surface area (Å²) >= 11 is 5.91. The second kappa shape index (κ2) is 9.82. The highest BCUT2D eigenvalue weighted by Gasteiger charge is 2.46. The monoisotopic (exact) mass is 447 g/mol. The van der Waals surface area contributed by atoms with Crippen molar-refractivity contribution in [3.63, 3.8) is 0 Å². The van der Waals surface area contributed by atoms with Gasteiger partial charge in [0.15, 0.2) is 11.5 Å². The summed E-state index contributed by atoms with van der Waals surface area (Å²) in [6, 6.07) is 9.73. The van der Waals surface area contributed by atoms with E-state index in [1.165, 1.54) is 24.1 Å². The number of phenols is 1. The number of methoxy groups -OCH3 is 1. The Balaban J connectivity index is 2.10. The fraction of sp³-hybridized carbons (Fsp3) is 0.273. The summed E-state index contributed by atoms with van der Waals surface area (Å²) in [5.74, 6) is -1.92. The fourth-order valence-electron chi connectivity index (χ4n) is 3.41. The van der Waals surface area contributed by atoms with Gasteiger partial charge in [-0.2, -0.15) is 0 Å². The molecule has 1 saturated heterocycles. The normalized spacial score (nSPS) is 17.9. The predicted octanol–water partition coefficient (Wildman–Crippen LogP) is 2.48. The van der Waals surface area contributed by atoms with Crippen molar-refractivity contribution >= 4 is 29.1 Å². The van der Waals surface area contributed by atoms with Gasteiger partial charge in [0, 0.05) is 17.1 Å². The van der Waals surface area contributed by atoms with Crippen molar-refractivity contribution in [3.8, 4) is 11.5 Å². The van der Waals surface area contributed by atoms with Crippen molar-refractivity contribution in [2.24, 2.45) is 0 Å². The third kappa shape index (κ3) is 4.66. The highest BCUT2D eigenvalue weighted by Crippen LogP contribution is 2.41. The van der Waals surface area contributed by atoms with E-state index in [4.69, 9.17) is 26.2 Å². The maximum atomic E-state index is 12.9. The van der Waals surface area contributed by atoms with Gasteiger partial charge < -0.3 is 29.7 Å². The number of carbonyl (C=O) groups is 2. The van der Waals surface area contributed by atoms with Crippen LogP contribution in [-0.2, 0) is 14.3 Å². The van der Waals surface area contributed by atoms with E-state index in [-0.39, 0.29) is 49.2 Å². The highest BCUT2D eigenvalue weighted by molar-refractivity contribution is 6.46. The van der Waals surface area contributed by atoms with Gasteiger partial charge in [-0.05, 0) is 42.0 Å². The molecule has 2 aromatic carbocycles. The van der Waals surface area contributed by atoms with E-state index < -0.39 is 17.7 Å². The molecule has 8 nitrogen and oxygen atoms in total. The summed E-state index contributed by atoms with van der Waals surface area (Å²) in [6.07, 6.45) is 0. The molecule has 164 valence electrons. The number of likely N-dealkylation sites (tertiary alicyclic amines) is 1. The number of halogens is 1. The highest BCUT2D eigenvalue weighted by atomic mass is 35.5. The third-order valence-electron chi connectivity index (χ3n) is 4.89. The molecule has 1 unspecified atom stereocenters. The average Bonchev–Trinajstić information content (AvgIpc) is 3.02. The van der Waals surface area contributed by atoms with Crippen LogP contribution in [0, 0.1) is 0 Å². The number of ketones is 1. The Bertz CT molecular complexity index is 1000. The van der Waals surface area contributed by atoms with Crippen LogP contribution in [0.2, 0.25) is 5.02 Å². The maximum Gasteiger partial charge on any atom is 0.295 e. The van der Waals surface area contributed by atoms with Gasteiger partial charge in [-0.25, -0.2) is 0 Å². The number of Topliss-reactive ketones (excluding diaryl/α,β-unsaturated/α-hetero) is 1. The first-order valence-corrected chi connectivity index (χ1v) is 9.86. The van der Waals surface area contributed by atoms with E-state index in [1.54, 1.807) is 30.3 Å². The van der Waals surface area contributed by atoms with Crippen LogP contribution in [-0.4, -0.2) is 65.4 Å². The number of hydrogen-bond donors (Lipinski definition) is 3. The van der Waals surface area contributed by atoms with E-state index in [2.05, 4.69) is 0 Å². The van der Waals surface area contributed by atoms with Gasteiger partial charge in [-0.15, -0.1) is 0 Å². The summed E-state index contributed by atoms with van der Waals surface area (Å²) in [5.41, 5.74) is 0.698. The van der Waals surface area contributed by atoms with Crippen molar-refractivity contribution in [3.05, 3.63) is 64.2 Å². The second-order valence-electron chi connectivity index (χ2n) is 6.77. The minimum atomic E-state index is -0.928. The number of benzene rings is 2. The molecule has 0 saturated carbocycles. The minimum Gasteiger partial charge on any atom is -0.507 e. The number of carbonyl (C=O) groups excluding carboxylic acids is 2. The number of rotatable bonds is 8. The number of aliphatic hydroxyl groups excluding tert-OH is 2. The van der Waals surface area contributed by atoms with Crippen molar-refractivity contribution < 1.29 is 34.4 Å². The average molecular weight is 448 g/mol. The fourth-order valence-corrected chi connectivity index (χ4v) is 3.54. The zero-order chi connectivity index (χ0) is 22.5. The van der Waals surface area contributed by atoms with Gasteiger partial charge in [0.1, 0.15) is 5.76 Å². The van der Waals surface area contributed by atoms with E-state index in [9.17, 15) is 19.8 Å². The molecule has 2 aromatic rings. The van der Waals surface area contributed by atoms with Crippen LogP contribution in [0.1, 0.15) is 17.2 Å². The molecule has 1 atom stereocenters. The first-order valence-electron chi connectivity index (χ1n) is 9.49. The Hall–Kier alpha value is -3.07.